The van der Waals surface area contributed by atoms with Crippen LogP contribution in [0.4, 0.5) is 4.79 Å². The van der Waals surface area contributed by atoms with Crippen LogP contribution >= 0.6 is 24.4 Å². The molecule has 0 radical (unpaired) electrons. The van der Waals surface area contributed by atoms with Gasteiger partial charge in [-0.2, -0.15) is 12.6 Å². The Balaban J connectivity index is 1.97. The van der Waals surface area contributed by atoms with Gasteiger partial charge in [-0.25, -0.2) is 19.2 Å². The standard InChI is InChI=1S/C18H21NO11S2/c1-8-11(29-15(22)27-8)5-25-13(20)10(19-14(21)18(3,4)31)7-32-17(24)26-6-12-9(2)28-16(23)30-12/h10,31H,5-7H2,1-4H3,(H,19,21)/t10-/m0/s1. The Morgan fingerprint density at radius 2 is 1.47 bits per heavy atom. The maximum absolute atomic E-state index is 12.5. The molecule has 1 N–H and O–H groups in total. The van der Waals surface area contributed by atoms with Crippen LogP contribution in [0.15, 0.2) is 27.3 Å². The van der Waals surface area contributed by atoms with Gasteiger partial charge in [0.25, 0.3) is 0 Å². The first kappa shape index (κ1) is 25.4. The minimum atomic E-state index is -1.25. The molecule has 0 bridgehead atoms. The van der Waals surface area contributed by atoms with Crippen molar-refractivity contribution in [3.63, 3.8) is 0 Å². The summed E-state index contributed by atoms with van der Waals surface area (Å²) >= 11 is 4.73. The first-order chi connectivity index (χ1) is 14.9. The zero-order valence-corrected chi connectivity index (χ0v) is 19.3. The van der Waals surface area contributed by atoms with Crippen LogP contribution in [0.2, 0.25) is 0 Å². The van der Waals surface area contributed by atoms with Crippen molar-refractivity contribution < 1.29 is 41.5 Å². The molecular weight excluding hydrogens is 470 g/mol. The molecule has 14 heteroatoms. The van der Waals surface area contributed by atoms with Gasteiger partial charge in [0.05, 0.1) is 4.75 Å². The topological polar surface area (TPSA) is 168 Å². The van der Waals surface area contributed by atoms with Crippen LogP contribution in [-0.4, -0.2) is 33.7 Å². The van der Waals surface area contributed by atoms with E-state index in [0.29, 0.717) is 11.8 Å². The molecule has 2 aromatic heterocycles. The summed E-state index contributed by atoms with van der Waals surface area (Å²) in [6, 6.07) is -1.25. The molecule has 0 unspecified atom stereocenters. The lowest BCUT2D eigenvalue weighted by Crippen LogP contribution is -2.49. The molecular formula is C18H21NO11S2. The van der Waals surface area contributed by atoms with E-state index in [0.717, 1.165) is 0 Å². The fourth-order valence-electron chi connectivity index (χ4n) is 2.07. The molecule has 1 atom stereocenters. The van der Waals surface area contributed by atoms with E-state index in [1.807, 2.05) is 0 Å². The second-order valence-corrected chi connectivity index (χ2v) is 8.98. The number of carbonyl (C=O) groups excluding carboxylic acids is 3. The number of rotatable bonds is 9. The summed E-state index contributed by atoms with van der Waals surface area (Å²) < 4.78 is 27.7. The number of ether oxygens (including phenoxy) is 2. The van der Waals surface area contributed by atoms with E-state index in [1.165, 1.54) is 27.7 Å². The summed E-state index contributed by atoms with van der Waals surface area (Å²) in [4.78, 5) is 58.9. The minimum Gasteiger partial charge on any atom is -0.456 e. The molecule has 0 aromatic carbocycles. The van der Waals surface area contributed by atoms with Crippen LogP contribution in [0.25, 0.3) is 0 Å². The summed E-state index contributed by atoms with van der Waals surface area (Å²) in [5, 5.41) is 1.64. The van der Waals surface area contributed by atoms with Crippen LogP contribution in [0.3, 0.4) is 0 Å². The van der Waals surface area contributed by atoms with Crippen molar-refractivity contribution in [1.29, 1.82) is 0 Å². The second-order valence-electron chi connectivity index (χ2n) is 6.91. The Morgan fingerprint density at radius 1 is 0.969 bits per heavy atom. The quantitative estimate of drug-likeness (QED) is 0.385. The van der Waals surface area contributed by atoms with Crippen LogP contribution in [0.1, 0.15) is 36.9 Å². The number of thiol groups is 1. The Morgan fingerprint density at radius 3 is 1.91 bits per heavy atom. The molecule has 0 fully saturated rings. The van der Waals surface area contributed by atoms with Crippen LogP contribution < -0.4 is 17.0 Å². The number of carbonyl (C=O) groups is 3. The van der Waals surface area contributed by atoms with Gasteiger partial charge in [-0.3, -0.25) is 4.79 Å². The van der Waals surface area contributed by atoms with E-state index in [2.05, 4.69) is 26.8 Å². The molecule has 1 amide bonds. The monoisotopic (exact) mass is 491 g/mol. The Bertz CT molecular complexity index is 1090. The average Bonchev–Trinajstić information content (AvgIpc) is 3.19. The molecule has 0 spiro atoms. The molecule has 0 aliphatic carbocycles. The largest absolute Gasteiger partial charge is 0.519 e. The highest BCUT2D eigenvalue weighted by molar-refractivity contribution is 8.13. The number of amides is 1. The summed E-state index contributed by atoms with van der Waals surface area (Å²) in [6.07, 6.45) is 0. The number of hydrogen-bond acceptors (Lipinski definition) is 13. The lowest BCUT2D eigenvalue weighted by molar-refractivity contribution is -0.149. The molecule has 0 aliphatic heterocycles. The molecule has 0 saturated heterocycles. The molecule has 0 saturated carbocycles. The van der Waals surface area contributed by atoms with Gasteiger partial charge in [0.1, 0.15) is 6.04 Å². The SMILES string of the molecule is Cc1oc(=O)oc1COC(=O)SC[C@H](NC(=O)C(C)(C)S)C(=O)OCc1oc(=O)oc1C. The Kier molecular flexibility index (Phi) is 8.44. The van der Waals surface area contributed by atoms with Crippen LogP contribution in [0.5, 0.6) is 0 Å². The highest BCUT2D eigenvalue weighted by Gasteiger charge is 2.30. The zero-order chi connectivity index (χ0) is 24.1. The van der Waals surface area contributed by atoms with Gasteiger partial charge in [-0.15, -0.1) is 0 Å². The van der Waals surface area contributed by atoms with Gasteiger partial charge in [0, 0.05) is 5.75 Å². The second kappa shape index (κ2) is 10.6. The third-order valence-electron chi connectivity index (χ3n) is 3.85. The molecule has 176 valence electrons. The van der Waals surface area contributed by atoms with Crippen molar-refractivity contribution in [3.05, 3.63) is 44.3 Å². The Hall–Kier alpha value is -2.87. The lowest BCUT2D eigenvalue weighted by atomic mass is 10.2. The summed E-state index contributed by atoms with van der Waals surface area (Å²) in [5.74, 6) is -3.24. The molecule has 0 aliphatic rings. The van der Waals surface area contributed by atoms with Crippen molar-refractivity contribution in [2.24, 2.45) is 0 Å². The molecule has 2 rings (SSSR count). The predicted octanol–water partition coefficient (Wildman–Crippen LogP) is 1.70. The normalized spacial score (nSPS) is 12.3. The number of thioether (sulfide) groups is 1. The number of nitrogens with one attached hydrogen (secondary N) is 1. The first-order valence-corrected chi connectivity index (χ1v) is 10.5. The molecule has 2 heterocycles. The molecule has 2 aromatic rings. The van der Waals surface area contributed by atoms with Gasteiger partial charge in [-0.1, -0.05) is 0 Å². The van der Waals surface area contributed by atoms with Crippen molar-refractivity contribution >= 4 is 41.6 Å². The van der Waals surface area contributed by atoms with E-state index < -0.39 is 46.2 Å². The maximum Gasteiger partial charge on any atom is 0.519 e. The highest BCUT2D eigenvalue weighted by Crippen LogP contribution is 2.16. The average molecular weight is 491 g/mol. The maximum atomic E-state index is 12.5. The van der Waals surface area contributed by atoms with E-state index in [9.17, 15) is 24.0 Å². The van der Waals surface area contributed by atoms with Gasteiger partial charge in [0.2, 0.25) is 5.91 Å². The smallest absolute Gasteiger partial charge is 0.456 e. The minimum absolute atomic E-state index is 0.00647. The fraction of sp³-hybridized carbons (Fsp3) is 0.500. The summed E-state index contributed by atoms with van der Waals surface area (Å²) in [5.41, 5.74) is 0. The van der Waals surface area contributed by atoms with E-state index in [1.54, 1.807) is 0 Å². The Labute approximate surface area is 190 Å². The van der Waals surface area contributed by atoms with Gasteiger partial charge >= 0.3 is 22.9 Å². The number of aryl methyl sites for hydroxylation is 2. The van der Waals surface area contributed by atoms with E-state index in [-0.39, 0.29) is 35.4 Å². The van der Waals surface area contributed by atoms with Crippen molar-refractivity contribution in [2.75, 3.05) is 5.75 Å². The van der Waals surface area contributed by atoms with Crippen molar-refractivity contribution in [2.45, 2.75) is 51.7 Å². The summed E-state index contributed by atoms with van der Waals surface area (Å²) in [7, 11) is 0. The van der Waals surface area contributed by atoms with E-state index in [4.69, 9.17) is 18.3 Å². The van der Waals surface area contributed by atoms with Crippen LogP contribution in [0, 0.1) is 13.8 Å². The molecule has 32 heavy (non-hydrogen) atoms. The van der Waals surface area contributed by atoms with Gasteiger partial charge in [0.15, 0.2) is 36.3 Å². The highest BCUT2D eigenvalue weighted by atomic mass is 32.2. The third-order valence-corrected chi connectivity index (χ3v) is 4.91. The zero-order valence-electron chi connectivity index (χ0n) is 17.5. The number of hydrogen-bond donors (Lipinski definition) is 2. The van der Waals surface area contributed by atoms with Crippen molar-refractivity contribution in [1.82, 2.24) is 5.32 Å². The van der Waals surface area contributed by atoms with Crippen LogP contribution in [-0.2, 0) is 32.3 Å². The lowest BCUT2D eigenvalue weighted by Gasteiger charge is -2.22. The van der Waals surface area contributed by atoms with Crippen molar-refractivity contribution in [3.8, 4) is 0 Å². The van der Waals surface area contributed by atoms with Gasteiger partial charge < -0.3 is 32.5 Å². The molecule has 12 nitrogen and oxygen atoms in total. The number of esters is 1. The van der Waals surface area contributed by atoms with E-state index >= 15 is 0 Å². The first-order valence-electron chi connectivity index (χ1n) is 9.05. The van der Waals surface area contributed by atoms with Gasteiger partial charge in [-0.05, 0) is 39.5 Å². The third kappa shape index (κ3) is 7.37. The fourth-order valence-corrected chi connectivity index (χ4v) is 2.80. The predicted molar refractivity (Wildman–Crippen MR) is 111 cm³/mol. The summed E-state index contributed by atoms with van der Waals surface area (Å²) in [6.45, 7) is 5.17.